The van der Waals surface area contributed by atoms with E-state index in [1.807, 2.05) is 18.2 Å². The lowest BCUT2D eigenvalue weighted by Crippen LogP contribution is -2.34. The molecule has 1 atom stereocenters. The van der Waals surface area contributed by atoms with Crippen molar-refractivity contribution in [1.82, 2.24) is 19.9 Å². The molecule has 0 radical (unpaired) electrons. The van der Waals surface area contributed by atoms with E-state index < -0.39 is 0 Å². The van der Waals surface area contributed by atoms with E-state index in [0.29, 0.717) is 5.82 Å². The largest absolute Gasteiger partial charge is 0.306 e. The van der Waals surface area contributed by atoms with E-state index in [4.69, 9.17) is 4.98 Å². The normalized spacial score (nSPS) is 17.9. The fourth-order valence-electron chi connectivity index (χ4n) is 3.62. The number of hydrogen-bond acceptors (Lipinski definition) is 4. The smallest absolute Gasteiger partial charge is 0.251 e. The second-order valence-corrected chi connectivity index (χ2v) is 6.73. The van der Waals surface area contributed by atoms with Crippen molar-refractivity contribution < 1.29 is 0 Å². The Balaban J connectivity index is 1.66. The van der Waals surface area contributed by atoms with Gasteiger partial charge in [-0.3, -0.25) is 14.7 Å². The molecule has 0 saturated carbocycles. The highest BCUT2D eigenvalue weighted by molar-refractivity contribution is 5.52. The standard InChI is InChI=1S/C21H22N4O/c26-20-13-18(23-21(24-20)17-9-6-11-22-14-17)19-10-4-5-12-25(19)15-16-7-2-1-3-8-16/h1-3,6-9,11,13-14,19H,4-5,10,12,15H2,(H,23,24,26)/t19-/m0/s1. The average molecular weight is 346 g/mol. The third kappa shape index (κ3) is 3.73. The Bertz CT molecular complexity index is 908. The number of rotatable bonds is 4. The van der Waals surface area contributed by atoms with Crippen LogP contribution in [-0.4, -0.2) is 26.4 Å². The molecule has 3 aromatic rings. The second-order valence-electron chi connectivity index (χ2n) is 6.73. The summed E-state index contributed by atoms with van der Waals surface area (Å²) in [6.07, 6.45) is 6.81. The lowest BCUT2D eigenvalue weighted by Gasteiger charge is -2.35. The summed E-state index contributed by atoms with van der Waals surface area (Å²) in [7, 11) is 0. The van der Waals surface area contributed by atoms with Crippen molar-refractivity contribution in [2.24, 2.45) is 0 Å². The number of benzene rings is 1. The first kappa shape index (κ1) is 16.7. The Morgan fingerprint density at radius 2 is 2.00 bits per heavy atom. The highest BCUT2D eigenvalue weighted by Crippen LogP contribution is 2.31. The van der Waals surface area contributed by atoms with Gasteiger partial charge in [-0.1, -0.05) is 36.8 Å². The van der Waals surface area contributed by atoms with Crippen LogP contribution in [0.5, 0.6) is 0 Å². The van der Waals surface area contributed by atoms with Crippen LogP contribution in [0.25, 0.3) is 11.4 Å². The number of hydrogen-bond donors (Lipinski definition) is 1. The van der Waals surface area contributed by atoms with E-state index in [2.05, 4.69) is 39.1 Å². The van der Waals surface area contributed by atoms with E-state index in [-0.39, 0.29) is 11.6 Å². The van der Waals surface area contributed by atoms with Crippen LogP contribution < -0.4 is 5.56 Å². The molecule has 1 fully saturated rings. The minimum Gasteiger partial charge on any atom is -0.306 e. The van der Waals surface area contributed by atoms with Gasteiger partial charge in [0.1, 0.15) is 5.82 Å². The number of aromatic nitrogens is 3. The van der Waals surface area contributed by atoms with E-state index >= 15 is 0 Å². The maximum atomic E-state index is 12.3. The predicted molar refractivity (Wildman–Crippen MR) is 102 cm³/mol. The Kier molecular flexibility index (Phi) is 4.88. The van der Waals surface area contributed by atoms with Crippen molar-refractivity contribution >= 4 is 0 Å². The fraction of sp³-hybridized carbons (Fsp3) is 0.286. The maximum Gasteiger partial charge on any atom is 0.251 e. The molecule has 1 N–H and O–H groups in total. The predicted octanol–water partition coefficient (Wildman–Crippen LogP) is 3.56. The van der Waals surface area contributed by atoms with Gasteiger partial charge in [-0.2, -0.15) is 0 Å². The molecule has 0 amide bonds. The molecule has 0 unspecified atom stereocenters. The van der Waals surface area contributed by atoms with Crippen LogP contribution in [0.2, 0.25) is 0 Å². The van der Waals surface area contributed by atoms with Crippen molar-refractivity contribution in [3.8, 4) is 11.4 Å². The minimum atomic E-state index is -0.112. The monoisotopic (exact) mass is 346 g/mol. The van der Waals surface area contributed by atoms with Crippen LogP contribution in [0.3, 0.4) is 0 Å². The van der Waals surface area contributed by atoms with E-state index in [1.165, 1.54) is 12.0 Å². The van der Waals surface area contributed by atoms with Crippen LogP contribution in [0.15, 0.2) is 65.7 Å². The lowest BCUT2D eigenvalue weighted by atomic mass is 9.98. The molecule has 0 spiro atoms. The minimum absolute atomic E-state index is 0.112. The maximum absolute atomic E-state index is 12.3. The summed E-state index contributed by atoms with van der Waals surface area (Å²) in [5.41, 5.74) is 2.86. The molecular formula is C21H22N4O. The summed E-state index contributed by atoms with van der Waals surface area (Å²) in [5, 5.41) is 0. The van der Waals surface area contributed by atoms with Gasteiger partial charge in [0, 0.05) is 30.6 Å². The zero-order valence-electron chi connectivity index (χ0n) is 14.6. The number of pyridine rings is 1. The number of nitrogens with one attached hydrogen (secondary N) is 1. The third-order valence-electron chi connectivity index (χ3n) is 4.88. The van der Waals surface area contributed by atoms with Crippen LogP contribution in [0.4, 0.5) is 0 Å². The van der Waals surface area contributed by atoms with E-state index in [0.717, 1.165) is 37.2 Å². The molecular weight excluding hydrogens is 324 g/mol. The van der Waals surface area contributed by atoms with Gasteiger partial charge < -0.3 is 4.98 Å². The van der Waals surface area contributed by atoms with Gasteiger partial charge in [0.25, 0.3) is 5.56 Å². The molecule has 132 valence electrons. The molecule has 4 rings (SSSR count). The first-order chi connectivity index (χ1) is 12.8. The Morgan fingerprint density at radius 1 is 1.12 bits per heavy atom. The van der Waals surface area contributed by atoms with E-state index in [1.54, 1.807) is 18.5 Å². The second kappa shape index (κ2) is 7.62. The molecule has 1 saturated heterocycles. The molecule has 0 bridgehead atoms. The SMILES string of the molecule is O=c1cc([C@@H]2CCCCN2Cc2ccccc2)nc(-c2cccnc2)[nH]1. The van der Waals surface area contributed by atoms with Gasteiger partial charge in [-0.25, -0.2) is 4.98 Å². The summed E-state index contributed by atoms with van der Waals surface area (Å²) >= 11 is 0. The fourth-order valence-corrected chi connectivity index (χ4v) is 3.62. The zero-order valence-corrected chi connectivity index (χ0v) is 14.6. The Labute approximate surface area is 152 Å². The summed E-state index contributed by atoms with van der Waals surface area (Å²) in [6, 6.07) is 16.1. The molecule has 1 aliphatic heterocycles. The first-order valence-electron chi connectivity index (χ1n) is 9.09. The van der Waals surface area contributed by atoms with Crippen LogP contribution in [-0.2, 0) is 6.54 Å². The van der Waals surface area contributed by atoms with Crippen molar-refractivity contribution in [1.29, 1.82) is 0 Å². The molecule has 0 aliphatic carbocycles. The van der Waals surface area contributed by atoms with Crippen LogP contribution in [0, 0.1) is 0 Å². The number of piperidine rings is 1. The first-order valence-corrected chi connectivity index (χ1v) is 9.09. The molecule has 2 aromatic heterocycles. The number of H-pyrrole nitrogens is 1. The van der Waals surface area contributed by atoms with Gasteiger partial charge >= 0.3 is 0 Å². The molecule has 5 nitrogen and oxygen atoms in total. The summed E-state index contributed by atoms with van der Waals surface area (Å²) in [4.78, 5) is 26.5. The van der Waals surface area contributed by atoms with Crippen LogP contribution >= 0.6 is 0 Å². The third-order valence-corrected chi connectivity index (χ3v) is 4.88. The van der Waals surface area contributed by atoms with Gasteiger partial charge in [0.05, 0.1) is 11.7 Å². The molecule has 1 aliphatic rings. The lowest BCUT2D eigenvalue weighted by molar-refractivity contribution is 0.137. The van der Waals surface area contributed by atoms with Crippen molar-refractivity contribution in [3.63, 3.8) is 0 Å². The van der Waals surface area contributed by atoms with Crippen molar-refractivity contribution in [2.75, 3.05) is 6.54 Å². The summed E-state index contributed by atoms with van der Waals surface area (Å²) in [6.45, 7) is 1.90. The molecule has 5 heteroatoms. The van der Waals surface area contributed by atoms with E-state index in [9.17, 15) is 4.79 Å². The molecule has 1 aromatic carbocycles. The van der Waals surface area contributed by atoms with Gasteiger partial charge in [0.2, 0.25) is 0 Å². The van der Waals surface area contributed by atoms with Gasteiger partial charge in [0.15, 0.2) is 0 Å². The van der Waals surface area contributed by atoms with Gasteiger partial charge in [-0.15, -0.1) is 0 Å². The highest BCUT2D eigenvalue weighted by atomic mass is 16.1. The zero-order chi connectivity index (χ0) is 17.8. The molecule has 3 heterocycles. The molecule has 26 heavy (non-hydrogen) atoms. The van der Waals surface area contributed by atoms with Crippen LogP contribution in [0.1, 0.15) is 36.6 Å². The highest BCUT2D eigenvalue weighted by Gasteiger charge is 2.26. The number of aromatic amines is 1. The number of likely N-dealkylation sites (tertiary alicyclic amines) is 1. The summed E-state index contributed by atoms with van der Waals surface area (Å²) < 4.78 is 0. The van der Waals surface area contributed by atoms with Crippen molar-refractivity contribution in [3.05, 3.63) is 82.5 Å². The Hall–Kier alpha value is -2.79. The van der Waals surface area contributed by atoms with Crippen molar-refractivity contribution in [2.45, 2.75) is 31.8 Å². The number of nitrogens with zero attached hydrogens (tertiary/aromatic N) is 3. The quantitative estimate of drug-likeness (QED) is 0.785. The topological polar surface area (TPSA) is 61.9 Å². The Morgan fingerprint density at radius 3 is 2.81 bits per heavy atom. The average Bonchev–Trinajstić information content (AvgIpc) is 2.69. The van der Waals surface area contributed by atoms with Gasteiger partial charge in [-0.05, 0) is 37.1 Å². The summed E-state index contributed by atoms with van der Waals surface area (Å²) in [5.74, 6) is 0.589.